The van der Waals surface area contributed by atoms with Gasteiger partial charge < -0.3 is 53.6 Å². The fourth-order valence-electron chi connectivity index (χ4n) is 9.23. The number of carbonyl (C=O) groups excluding carboxylic acids is 1. The third kappa shape index (κ3) is 12.0. The number of aliphatic hydroxyl groups excluding tert-OH is 2. The number of carbonyl (C=O) groups is 1. The lowest BCUT2D eigenvalue weighted by Gasteiger charge is -2.57. The molecule has 2 fully saturated rings. The van der Waals surface area contributed by atoms with Crippen LogP contribution in [0.5, 0.6) is 0 Å². The Morgan fingerprint density at radius 3 is 1.46 bits per heavy atom. The molecule has 2 aliphatic heterocycles. The summed E-state index contributed by atoms with van der Waals surface area (Å²) in [7, 11) is 0. The van der Waals surface area contributed by atoms with Crippen molar-refractivity contribution in [2.24, 2.45) is 0 Å². The van der Waals surface area contributed by atoms with Gasteiger partial charge in [-0.25, -0.2) is 0 Å². The highest BCUT2D eigenvalue weighted by atomic mass is 16.8. The van der Waals surface area contributed by atoms with Gasteiger partial charge in [-0.3, -0.25) is 4.79 Å². The predicted octanol–water partition coefficient (Wildman–Crippen LogP) is 6.68. The minimum Gasteiger partial charge on any atom is -0.454 e. The van der Waals surface area contributed by atoms with E-state index in [1.54, 1.807) is 48.5 Å². The summed E-state index contributed by atoms with van der Waals surface area (Å²) in [5.74, 6) is -0.680. The van der Waals surface area contributed by atoms with Gasteiger partial charge in [-0.15, -0.1) is 0 Å². The maximum atomic E-state index is 13.3. The lowest BCUT2D eigenvalue weighted by Crippen LogP contribution is -2.78. The van der Waals surface area contributed by atoms with E-state index in [0.29, 0.717) is 11.1 Å². The Balaban J connectivity index is 1.19. The summed E-state index contributed by atoms with van der Waals surface area (Å²) < 4.78 is 45.9. The van der Waals surface area contributed by atoms with Crippen LogP contribution >= 0.6 is 0 Å². The van der Waals surface area contributed by atoms with Crippen molar-refractivity contribution in [3.8, 4) is 0 Å². The first-order valence-corrected chi connectivity index (χ1v) is 23.1. The molecule has 8 rings (SSSR count). The Kier molecular flexibility index (Phi) is 16.6. The van der Waals surface area contributed by atoms with Crippen molar-refractivity contribution in [1.82, 2.24) is 0 Å². The van der Waals surface area contributed by atoms with Gasteiger partial charge in [0.05, 0.1) is 32.5 Å². The van der Waals surface area contributed by atoms with Crippen LogP contribution in [0.2, 0.25) is 0 Å². The third-order valence-electron chi connectivity index (χ3n) is 12.6. The number of ether oxygens (including phenoxy) is 7. The molecule has 356 valence electrons. The van der Waals surface area contributed by atoms with Crippen LogP contribution in [0.3, 0.4) is 0 Å². The molecular formula is C56H60O12. The first-order valence-electron chi connectivity index (χ1n) is 23.1. The maximum Gasteiger partial charge on any atom is 0.303 e. The van der Waals surface area contributed by atoms with Crippen LogP contribution in [0.15, 0.2) is 182 Å². The van der Waals surface area contributed by atoms with Crippen LogP contribution in [0.4, 0.5) is 0 Å². The summed E-state index contributed by atoms with van der Waals surface area (Å²) in [6.45, 7) is 1.68. The van der Waals surface area contributed by atoms with Crippen molar-refractivity contribution in [3.05, 3.63) is 215 Å². The second-order valence-corrected chi connectivity index (χ2v) is 17.6. The molecule has 0 aliphatic carbocycles. The van der Waals surface area contributed by atoms with Crippen LogP contribution in [0.1, 0.15) is 40.3 Å². The van der Waals surface area contributed by atoms with Gasteiger partial charge in [0.1, 0.15) is 41.7 Å². The van der Waals surface area contributed by atoms with E-state index in [1.807, 2.05) is 133 Å². The molecule has 12 heteroatoms. The third-order valence-corrected chi connectivity index (χ3v) is 12.6. The highest BCUT2D eigenvalue weighted by Gasteiger charge is 2.67. The Morgan fingerprint density at radius 1 is 0.544 bits per heavy atom. The fourth-order valence-corrected chi connectivity index (χ4v) is 9.23. The van der Waals surface area contributed by atoms with Crippen LogP contribution in [0.25, 0.3) is 0 Å². The minimum atomic E-state index is -2.44. The smallest absolute Gasteiger partial charge is 0.303 e. The summed E-state index contributed by atoms with van der Waals surface area (Å²) in [5.41, 5.74) is -0.182. The predicted molar refractivity (Wildman–Crippen MR) is 252 cm³/mol. The molecule has 1 unspecified atom stereocenters. The molecule has 0 bridgehead atoms. The number of aliphatic hydroxyl groups is 4. The van der Waals surface area contributed by atoms with Crippen molar-refractivity contribution in [2.45, 2.75) is 113 Å². The molecule has 12 nitrogen and oxygen atoms in total. The largest absolute Gasteiger partial charge is 0.454 e. The molecule has 2 saturated heterocycles. The summed E-state index contributed by atoms with van der Waals surface area (Å²) in [6, 6.07) is 55.9. The summed E-state index contributed by atoms with van der Waals surface area (Å²) in [6.07, 6.45) is -13.1. The molecule has 0 aromatic heterocycles. The normalized spacial score (nSPS) is 27.5. The second-order valence-electron chi connectivity index (χ2n) is 17.6. The van der Waals surface area contributed by atoms with Crippen molar-refractivity contribution < 1.29 is 58.4 Å². The molecule has 6 aromatic carbocycles. The van der Waals surface area contributed by atoms with E-state index in [4.69, 9.17) is 33.2 Å². The molecule has 2 heterocycles. The molecule has 68 heavy (non-hydrogen) atoms. The number of esters is 1. The minimum absolute atomic E-state index is 0.0134. The van der Waals surface area contributed by atoms with E-state index in [-0.39, 0.29) is 45.7 Å². The molecule has 0 saturated carbocycles. The van der Waals surface area contributed by atoms with Gasteiger partial charge in [-0.05, 0) is 33.4 Å². The molecule has 0 radical (unpaired) electrons. The van der Waals surface area contributed by atoms with Crippen LogP contribution in [-0.2, 0) is 77.0 Å². The summed E-state index contributed by atoms with van der Waals surface area (Å²) in [4.78, 5) is 13.2. The highest BCUT2D eigenvalue weighted by Crippen LogP contribution is 2.46. The second kappa shape index (κ2) is 23.1. The molecule has 2 aliphatic rings. The first kappa shape index (κ1) is 48.8. The average Bonchev–Trinajstić information content (AvgIpc) is 3.36. The average molecular weight is 925 g/mol. The zero-order chi connectivity index (χ0) is 47.4. The summed E-state index contributed by atoms with van der Waals surface area (Å²) in [5, 5.41) is 51.4. The van der Waals surface area contributed by atoms with Crippen LogP contribution < -0.4 is 0 Å². The molecule has 6 aromatic rings. The van der Waals surface area contributed by atoms with E-state index in [1.165, 1.54) is 6.92 Å². The Hall–Kier alpha value is -5.61. The van der Waals surface area contributed by atoms with E-state index < -0.39 is 72.5 Å². The standard InChI is InChI=1S/C56H60O12/c1-39(57)65-50-49(64-37-45-30-18-7-19-31-45)48(63-36-44-28-16-6-17-29-44)47(38-62-35-43-26-14-5-15-27-43)66-53(50)68-54-51(59)55(60,33-41-22-10-3-11-23-41)56(61,34-42-24-12-4-13-25-42)52(67-54)46(58)32-40-20-8-2-9-21-40/h2-31,46-54,58-61H,32-38H2,1H3/t46?,47-,48-,49+,50-,51-,52-,53+,54-,55-,56-/m1/s1. The Bertz CT molecular complexity index is 2420. The van der Waals surface area contributed by atoms with Gasteiger partial charge >= 0.3 is 5.97 Å². The van der Waals surface area contributed by atoms with Gasteiger partial charge in [0.25, 0.3) is 0 Å². The number of hydrogen-bond acceptors (Lipinski definition) is 12. The zero-order valence-electron chi connectivity index (χ0n) is 38.0. The van der Waals surface area contributed by atoms with Crippen LogP contribution in [-0.4, -0.2) is 99.5 Å². The molecule has 0 amide bonds. The molecular weight excluding hydrogens is 865 g/mol. The first-order chi connectivity index (χ1) is 33.1. The van der Waals surface area contributed by atoms with Gasteiger partial charge in [-0.1, -0.05) is 182 Å². The zero-order valence-corrected chi connectivity index (χ0v) is 38.0. The maximum absolute atomic E-state index is 13.3. The summed E-state index contributed by atoms with van der Waals surface area (Å²) >= 11 is 0. The number of rotatable bonds is 20. The lowest BCUT2D eigenvalue weighted by atomic mass is 9.65. The topological polar surface area (TPSA) is 163 Å². The molecule has 0 spiro atoms. The van der Waals surface area contributed by atoms with Crippen molar-refractivity contribution >= 4 is 5.97 Å². The van der Waals surface area contributed by atoms with E-state index >= 15 is 0 Å². The SMILES string of the molecule is CC(=O)O[C@H]1[C@H](O[C@H]2O[C@H](C(O)Cc3ccccc3)[C@](O)(Cc3ccccc3)[C@@](O)(Cc3ccccc3)[C@@H]2O)O[C@H](COCc2ccccc2)[C@@H](OCc2ccccc2)[C@@H]1OCc1ccccc1. The van der Waals surface area contributed by atoms with Crippen molar-refractivity contribution in [3.63, 3.8) is 0 Å². The van der Waals surface area contributed by atoms with Gasteiger partial charge in [0.2, 0.25) is 6.29 Å². The lowest BCUT2D eigenvalue weighted by molar-refractivity contribution is -0.413. The van der Waals surface area contributed by atoms with Crippen molar-refractivity contribution in [2.75, 3.05) is 6.61 Å². The molecule has 4 N–H and O–H groups in total. The fraction of sp³-hybridized carbons (Fsp3) is 0.339. The molecule has 11 atom stereocenters. The van der Waals surface area contributed by atoms with Gasteiger partial charge in [0.15, 0.2) is 12.4 Å². The van der Waals surface area contributed by atoms with E-state index in [9.17, 15) is 25.2 Å². The van der Waals surface area contributed by atoms with Gasteiger partial charge in [0, 0.05) is 26.2 Å². The Morgan fingerprint density at radius 2 is 0.971 bits per heavy atom. The number of hydrogen-bond donors (Lipinski definition) is 4. The Labute approximate surface area is 397 Å². The van der Waals surface area contributed by atoms with E-state index in [2.05, 4.69) is 0 Å². The van der Waals surface area contributed by atoms with E-state index in [0.717, 1.165) is 22.3 Å². The van der Waals surface area contributed by atoms with Crippen molar-refractivity contribution in [1.29, 1.82) is 0 Å². The monoisotopic (exact) mass is 924 g/mol. The van der Waals surface area contributed by atoms with Crippen LogP contribution in [0, 0.1) is 0 Å². The quantitative estimate of drug-likeness (QED) is 0.0602. The highest BCUT2D eigenvalue weighted by molar-refractivity contribution is 5.66. The number of benzene rings is 6. The van der Waals surface area contributed by atoms with Gasteiger partial charge in [-0.2, -0.15) is 0 Å².